The van der Waals surface area contributed by atoms with Crippen LogP contribution in [-0.2, 0) is 4.74 Å². The van der Waals surface area contributed by atoms with Gasteiger partial charge in [0.25, 0.3) is 11.1 Å². The van der Waals surface area contributed by atoms with Gasteiger partial charge in [0.05, 0.1) is 34.2 Å². The van der Waals surface area contributed by atoms with Gasteiger partial charge in [-0.1, -0.05) is 11.6 Å². The average Bonchev–Trinajstić information content (AvgIpc) is 3.46. The van der Waals surface area contributed by atoms with E-state index >= 15 is 0 Å². The van der Waals surface area contributed by atoms with Gasteiger partial charge in [-0.2, -0.15) is 0 Å². The molecule has 0 unspecified atom stereocenters. The summed E-state index contributed by atoms with van der Waals surface area (Å²) in [7, 11) is 0. The molecular formula is C22H21ClN4O5. The molecule has 0 aliphatic carbocycles. The van der Waals surface area contributed by atoms with E-state index in [1.807, 2.05) is 0 Å². The van der Waals surface area contributed by atoms with Gasteiger partial charge in [-0.15, -0.1) is 0 Å². The highest BCUT2D eigenvalue weighted by Crippen LogP contribution is 2.35. The van der Waals surface area contributed by atoms with Crippen LogP contribution in [0.25, 0.3) is 11.3 Å². The molecule has 3 heterocycles. The number of esters is 1. The SMILES string of the molecule is CCOC(=O)c1cc(-c2ccc(C(c3c(C)[nH][nH]c3=O)c3c(C)[nH][nH]c3=O)o2)ccc1Cl. The van der Waals surface area contributed by atoms with Crippen LogP contribution in [0.4, 0.5) is 0 Å². The summed E-state index contributed by atoms with van der Waals surface area (Å²) in [6.45, 7) is 5.42. The summed E-state index contributed by atoms with van der Waals surface area (Å²) < 4.78 is 11.2. The number of nitrogens with one attached hydrogen (secondary N) is 4. The number of halogens is 1. The fourth-order valence-corrected chi connectivity index (χ4v) is 3.94. The number of furan rings is 1. The first-order valence-corrected chi connectivity index (χ1v) is 10.3. The Balaban J connectivity index is 1.83. The fourth-order valence-electron chi connectivity index (χ4n) is 3.74. The summed E-state index contributed by atoms with van der Waals surface area (Å²) in [4.78, 5) is 37.3. The second-order valence-electron chi connectivity index (χ2n) is 7.29. The number of H-pyrrole nitrogens is 4. The third-order valence-electron chi connectivity index (χ3n) is 5.26. The van der Waals surface area contributed by atoms with Crippen molar-refractivity contribution < 1.29 is 13.9 Å². The maximum absolute atomic E-state index is 12.6. The number of carbonyl (C=O) groups is 1. The van der Waals surface area contributed by atoms with Crippen molar-refractivity contribution in [2.45, 2.75) is 26.7 Å². The Morgan fingerprint density at radius 2 is 1.62 bits per heavy atom. The van der Waals surface area contributed by atoms with Crippen molar-refractivity contribution in [1.82, 2.24) is 20.4 Å². The Hall–Kier alpha value is -3.72. The van der Waals surface area contributed by atoms with Crippen LogP contribution in [0.3, 0.4) is 0 Å². The minimum atomic E-state index is -0.745. The molecule has 0 aliphatic heterocycles. The molecule has 0 radical (unpaired) electrons. The molecular weight excluding hydrogens is 436 g/mol. The molecule has 1 aromatic carbocycles. The molecule has 4 aromatic rings. The van der Waals surface area contributed by atoms with Crippen molar-refractivity contribution in [3.63, 3.8) is 0 Å². The highest BCUT2D eigenvalue weighted by atomic mass is 35.5. The van der Waals surface area contributed by atoms with E-state index in [-0.39, 0.29) is 28.3 Å². The van der Waals surface area contributed by atoms with Gasteiger partial charge in [0, 0.05) is 17.0 Å². The molecule has 0 amide bonds. The first-order chi connectivity index (χ1) is 15.3. The fraction of sp³-hybridized carbons (Fsp3) is 0.227. The lowest BCUT2D eigenvalue weighted by molar-refractivity contribution is 0.0526. The number of aromatic amines is 4. The molecule has 3 aromatic heterocycles. The molecule has 0 aliphatic rings. The standard InChI is InChI=1S/C22H21ClN4O5/c1-4-31-22(30)13-9-12(5-6-14(13)23)15-7-8-16(32-15)19(17-10(2)24-26-20(17)28)18-11(3)25-27-21(18)29/h5-9,19H,4H2,1-3H3,(H2,24,26,28)(H2,25,27,29). The smallest absolute Gasteiger partial charge is 0.339 e. The maximum Gasteiger partial charge on any atom is 0.339 e. The van der Waals surface area contributed by atoms with E-state index < -0.39 is 11.9 Å². The molecule has 0 bridgehead atoms. The topological polar surface area (TPSA) is 137 Å². The summed E-state index contributed by atoms with van der Waals surface area (Å²) in [6, 6.07) is 8.31. The van der Waals surface area contributed by atoms with E-state index in [0.717, 1.165) is 0 Å². The zero-order valence-corrected chi connectivity index (χ0v) is 18.3. The minimum Gasteiger partial charge on any atom is -0.462 e. The molecule has 0 spiro atoms. The van der Waals surface area contributed by atoms with E-state index in [0.29, 0.717) is 39.6 Å². The first kappa shape index (κ1) is 21.5. The summed E-state index contributed by atoms with van der Waals surface area (Å²) in [5, 5.41) is 11.0. The monoisotopic (exact) mass is 456 g/mol. The lowest BCUT2D eigenvalue weighted by Gasteiger charge is -2.12. The second-order valence-corrected chi connectivity index (χ2v) is 7.69. The van der Waals surface area contributed by atoms with Crippen LogP contribution in [0.2, 0.25) is 5.02 Å². The molecule has 0 atom stereocenters. The molecule has 0 saturated carbocycles. The summed E-state index contributed by atoms with van der Waals surface area (Å²) in [5.41, 5.74) is 2.06. The Bertz CT molecular complexity index is 1350. The molecule has 9 nitrogen and oxygen atoms in total. The van der Waals surface area contributed by atoms with Crippen molar-refractivity contribution in [3.8, 4) is 11.3 Å². The van der Waals surface area contributed by atoms with Crippen LogP contribution in [0, 0.1) is 13.8 Å². The molecule has 4 rings (SSSR count). The summed E-state index contributed by atoms with van der Waals surface area (Å²) in [6.07, 6.45) is 0. The van der Waals surface area contributed by atoms with Gasteiger partial charge in [0.1, 0.15) is 11.5 Å². The number of benzene rings is 1. The van der Waals surface area contributed by atoms with Crippen LogP contribution < -0.4 is 11.1 Å². The zero-order valence-electron chi connectivity index (χ0n) is 17.6. The number of aryl methyl sites for hydroxylation is 2. The van der Waals surface area contributed by atoms with Gasteiger partial charge in [-0.3, -0.25) is 19.8 Å². The second kappa shape index (κ2) is 8.43. The highest BCUT2D eigenvalue weighted by Gasteiger charge is 2.30. The number of carbonyl (C=O) groups excluding carboxylic acids is 1. The van der Waals surface area contributed by atoms with Gasteiger partial charge in [-0.25, -0.2) is 4.79 Å². The molecule has 0 saturated heterocycles. The Morgan fingerprint density at radius 3 is 2.16 bits per heavy atom. The van der Waals surface area contributed by atoms with Crippen LogP contribution in [0.5, 0.6) is 0 Å². The third-order valence-corrected chi connectivity index (χ3v) is 5.59. The molecule has 166 valence electrons. The number of aromatic nitrogens is 4. The van der Waals surface area contributed by atoms with Gasteiger partial charge in [0.2, 0.25) is 0 Å². The van der Waals surface area contributed by atoms with Crippen molar-refractivity contribution in [1.29, 1.82) is 0 Å². The van der Waals surface area contributed by atoms with Gasteiger partial charge >= 0.3 is 5.97 Å². The number of ether oxygens (including phenoxy) is 1. The van der Waals surface area contributed by atoms with Crippen molar-refractivity contribution in [3.05, 3.63) is 89.9 Å². The predicted octanol–water partition coefficient (Wildman–Crippen LogP) is 3.61. The maximum atomic E-state index is 12.6. The highest BCUT2D eigenvalue weighted by molar-refractivity contribution is 6.33. The molecule has 10 heteroatoms. The van der Waals surface area contributed by atoms with Crippen LogP contribution in [0.15, 0.2) is 44.3 Å². The predicted molar refractivity (Wildman–Crippen MR) is 118 cm³/mol. The molecule has 32 heavy (non-hydrogen) atoms. The average molecular weight is 457 g/mol. The van der Waals surface area contributed by atoms with Crippen LogP contribution in [-0.4, -0.2) is 33.0 Å². The lowest BCUT2D eigenvalue weighted by atomic mass is 9.89. The van der Waals surface area contributed by atoms with Crippen LogP contribution >= 0.6 is 11.6 Å². The Labute approximate surface area is 186 Å². The van der Waals surface area contributed by atoms with Gasteiger partial charge in [0.15, 0.2) is 0 Å². The van der Waals surface area contributed by atoms with Crippen LogP contribution in [0.1, 0.15) is 51.5 Å². The third kappa shape index (κ3) is 3.71. The van der Waals surface area contributed by atoms with Crippen molar-refractivity contribution in [2.24, 2.45) is 0 Å². The van der Waals surface area contributed by atoms with E-state index in [2.05, 4.69) is 20.4 Å². The van der Waals surface area contributed by atoms with E-state index in [9.17, 15) is 14.4 Å². The van der Waals surface area contributed by atoms with Crippen molar-refractivity contribution >= 4 is 17.6 Å². The minimum absolute atomic E-state index is 0.219. The molecule has 0 fully saturated rings. The Kier molecular flexibility index (Phi) is 5.67. The van der Waals surface area contributed by atoms with E-state index in [4.69, 9.17) is 20.8 Å². The molecule has 4 N–H and O–H groups in total. The largest absolute Gasteiger partial charge is 0.462 e. The van der Waals surface area contributed by atoms with Crippen molar-refractivity contribution in [2.75, 3.05) is 6.61 Å². The first-order valence-electron chi connectivity index (χ1n) is 9.92. The zero-order chi connectivity index (χ0) is 23.0. The normalized spacial score (nSPS) is 11.3. The number of rotatable bonds is 6. The summed E-state index contributed by atoms with van der Waals surface area (Å²) >= 11 is 6.16. The van der Waals surface area contributed by atoms with E-state index in [1.165, 1.54) is 0 Å². The lowest BCUT2D eigenvalue weighted by Crippen LogP contribution is -2.19. The Morgan fingerprint density at radius 1 is 1.00 bits per heavy atom. The quantitative estimate of drug-likeness (QED) is 0.328. The number of hydrogen-bond acceptors (Lipinski definition) is 5. The number of hydrogen-bond donors (Lipinski definition) is 4. The summed E-state index contributed by atoms with van der Waals surface area (Å²) in [5.74, 6) is -0.436. The van der Waals surface area contributed by atoms with E-state index in [1.54, 1.807) is 51.1 Å². The van der Waals surface area contributed by atoms with Gasteiger partial charge < -0.3 is 19.4 Å². The van der Waals surface area contributed by atoms with Gasteiger partial charge in [-0.05, 0) is 51.1 Å².